The third-order valence-electron chi connectivity index (χ3n) is 6.76. The van der Waals surface area contributed by atoms with Gasteiger partial charge >= 0.3 is 0 Å². The highest BCUT2D eigenvalue weighted by Crippen LogP contribution is 2.32. The Balaban J connectivity index is 1.19. The Morgan fingerprint density at radius 3 is 2.45 bits per heavy atom. The number of piperidine rings is 1. The molecule has 2 aliphatic heterocycles. The van der Waals surface area contributed by atoms with Gasteiger partial charge in [-0.15, -0.1) is 0 Å². The summed E-state index contributed by atoms with van der Waals surface area (Å²) in [5, 5.41) is 14.3. The van der Waals surface area contributed by atoms with E-state index in [2.05, 4.69) is 16.3 Å². The fourth-order valence-corrected chi connectivity index (χ4v) is 4.91. The molecule has 2 amide bonds. The highest BCUT2D eigenvalue weighted by molar-refractivity contribution is 6.07. The Bertz CT molecular complexity index is 1220. The Morgan fingerprint density at radius 2 is 1.70 bits per heavy atom. The van der Waals surface area contributed by atoms with Crippen LogP contribution in [0.2, 0.25) is 0 Å². The van der Waals surface area contributed by atoms with Gasteiger partial charge in [0, 0.05) is 43.2 Å². The van der Waals surface area contributed by atoms with Crippen molar-refractivity contribution in [3.05, 3.63) is 72.3 Å². The Labute approximate surface area is 193 Å². The predicted molar refractivity (Wildman–Crippen MR) is 129 cm³/mol. The number of anilines is 2. The van der Waals surface area contributed by atoms with Gasteiger partial charge in [0.1, 0.15) is 0 Å². The molecule has 3 aromatic carbocycles. The zero-order valence-corrected chi connectivity index (χ0v) is 18.4. The molecule has 0 aliphatic carbocycles. The average Bonchev–Trinajstić information content (AvgIpc) is 3.26. The lowest BCUT2D eigenvalue weighted by Crippen LogP contribution is -2.46. The number of carbonyl (C=O) groups is 2. The van der Waals surface area contributed by atoms with Crippen LogP contribution < -0.4 is 15.1 Å². The van der Waals surface area contributed by atoms with Gasteiger partial charge in [-0.1, -0.05) is 36.4 Å². The van der Waals surface area contributed by atoms with Gasteiger partial charge in [-0.05, 0) is 48.6 Å². The topological polar surface area (TPSA) is 76.4 Å². The van der Waals surface area contributed by atoms with Gasteiger partial charge in [0.05, 0.1) is 23.2 Å². The number of nitriles is 1. The maximum Gasteiger partial charge on any atom is 0.227 e. The lowest BCUT2D eigenvalue weighted by atomic mass is 10.0. The van der Waals surface area contributed by atoms with Crippen molar-refractivity contribution in [1.82, 2.24) is 5.32 Å². The monoisotopic (exact) mass is 438 g/mol. The van der Waals surface area contributed by atoms with Crippen molar-refractivity contribution in [2.45, 2.75) is 25.3 Å². The van der Waals surface area contributed by atoms with Crippen molar-refractivity contribution in [3.8, 4) is 6.07 Å². The molecule has 5 rings (SSSR count). The Morgan fingerprint density at radius 1 is 0.970 bits per heavy atom. The zero-order valence-electron chi connectivity index (χ0n) is 18.4. The minimum absolute atomic E-state index is 0.00198. The molecule has 33 heavy (non-hydrogen) atoms. The fraction of sp³-hybridized carbons (Fsp3) is 0.296. The summed E-state index contributed by atoms with van der Waals surface area (Å²) in [5.41, 5.74) is 2.64. The van der Waals surface area contributed by atoms with Gasteiger partial charge in [-0.2, -0.15) is 5.26 Å². The Kier molecular flexibility index (Phi) is 5.70. The van der Waals surface area contributed by atoms with Gasteiger partial charge in [0.15, 0.2) is 0 Å². The van der Waals surface area contributed by atoms with Crippen LogP contribution in [0.25, 0.3) is 10.8 Å². The number of hydrogen-bond donors (Lipinski definition) is 1. The van der Waals surface area contributed by atoms with Gasteiger partial charge in [-0.25, -0.2) is 0 Å². The predicted octanol–water partition coefficient (Wildman–Crippen LogP) is 3.85. The van der Waals surface area contributed by atoms with Crippen LogP contribution in [0.15, 0.2) is 66.7 Å². The highest BCUT2D eigenvalue weighted by atomic mass is 16.2. The van der Waals surface area contributed by atoms with E-state index in [-0.39, 0.29) is 30.2 Å². The summed E-state index contributed by atoms with van der Waals surface area (Å²) in [6.45, 7) is 2.12. The zero-order chi connectivity index (χ0) is 22.8. The van der Waals surface area contributed by atoms with Crippen molar-refractivity contribution in [2.24, 2.45) is 5.92 Å². The molecule has 2 saturated heterocycles. The summed E-state index contributed by atoms with van der Waals surface area (Å²) in [5.74, 6) is -0.349. The molecular weight excluding hydrogens is 412 g/mol. The van der Waals surface area contributed by atoms with Crippen LogP contribution in [0.4, 0.5) is 11.4 Å². The molecule has 166 valence electrons. The van der Waals surface area contributed by atoms with Crippen LogP contribution in [0.1, 0.15) is 24.8 Å². The molecule has 6 heteroatoms. The van der Waals surface area contributed by atoms with Crippen LogP contribution in [-0.4, -0.2) is 37.5 Å². The quantitative estimate of drug-likeness (QED) is 0.671. The summed E-state index contributed by atoms with van der Waals surface area (Å²) in [6.07, 6.45) is 1.97. The molecule has 1 atom stereocenters. The van der Waals surface area contributed by atoms with Gasteiger partial charge in [0.25, 0.3) is 0 Å². The van der Waals surface area contributed by atoms with Crippen molar-refractivity contribution in [1.29, 1.82) is 5.26 Å². The average molecular weight is 439 g/mol. The van der Waals surface area contributed by atoms with E-state index in [0.29, 0.717) is 12.1 Å². The fourth-order valence-electron chi connectivity index (χ4n) is 4.91. The molecule has 0 radical (unpaired) electrons. The molecule has 2 fully saturated rings. The number of fused-ring (bicyclic) bond motifs is 1. The first kappa shape index (κ1) is 21.0. The van der Waals surface area contributed by atoms with Crippen LogP contribution >= 0.6 is 0 Å². The van der Waals surface area contributed by atoms with E-state index in [1.807, 2.05) is 66.7 Å². The van der Waals surface area contributed by atoms with Crippen molar-refractivity contribution < 1.29 is 9.59 Å². The summed E-state index contributed by atoms with van der Waals surface area (Å²) in [6, 6.07) is 23.9. The molecule has 0 bridgehead atoms. The van der Waals surface area contributed by atoms with Crippen LogP contribution in [0.3, 0.4) is 0 Å². The van der Waals surface area contributed by atoms with Crippen molar-refractivity contribution >= 4 is 34.0 Å². The van der Waals surface area contributed by atoms with E-state index < -0.39 is 0 Å². The minimum atomic E-state index is -0.326. The first-order valence-electron chi connectivity index (χ1n) is 11.5. The molecule has 2 aliphatic rings. The molecule has 3 aromatic rings. The number of amides is 2. The smallest absolute Gasteiger partial charge is 0.227 e. The van der Waals surface area contributed by atoms with E-state index in [1.165, 1.54) is 0 Å². The van der Waals surface area contributed by atoms with Crippen molar-refractivity contribution in [3.63, 3.8) is 0 Å². The molecule has 1 unspecified atom stereocenters. The van der Waals surface area contributed by atoms with Crippen LogP contribution in [0.5, 0.6) is 0 Å². The van der Waals surface area contributed by atoms with E-state index in [9.17, 15) is 9.59 Å². The summed E-state index contributed by atoms with van der Waals surface area (Å²) in [7, 11) is 0. The van der Waals surface area contributed by atoms with Gasteiger partial charge < -0.3 is 15.1 Å². The normalized spacial score (nSPS) is 19.0. The van der Waals surface area contributed by atoms with Gasteiger partial charge in [-0.3, -0.25) is 9.59 Å². The lowest BCUT2D eigenvalue weighted by molar-refractivity contribution is -0.127. The molecule has 1 N–H and O–H groups in total. The van der Waals surface area contributed by atoms with Crippen molar-refractivity contribution in [2.75, 3.05) is 29.4 Å². The van der Waals surface area contributed by atoms with E-state index in [1.54, 1.807) is 4.90 Å². The highest BCUT2D eigenvalue weighted by Gasteiger charge is 2.36. The molecule has 0 aromatic heterocycles. The maximum atomic E-state index is 13.0. The molecule has 0 saturated carbocycles. The molecule has 6 nitrogen and oxygen atoms in total. The second-order valence-corrected chi connectivity index (χ2v) is 8.83. The summed E-state index contributed by atoms with van der Waals surface area (Å²) >= 11 is 0. The van der Waals surface area contributed by atoms with Crippen LogP contribution in [-0.2, 0) is 9.59 Å². The maximum absolute atomic E-state index is 13.0. The second-order valence-electron chi connectivity index (χ2n) is 8.83. The summed E-state index contributed by atoms with van der Waals surface area (Å²) in [4.78, 5) is 29.8. The molecule has 0 spiro atoms. The first-order valence-corrected chi connectivity index (χ1v) is 11.5. The van der Waals surface area contributed by atoms with E-state index >= 15 is 0 Å². The first-order chi connectivity index (χ1) is 16.1. The number of nitrogens with one attached hydrogen (secondary N) is 1. The molecular formula is C27H26N4O2. The number of benzene rings is 3. The summed E-state index contributed by atoms with van der Waals surface area (Å²) < 4.78 is 0. The van der Waals surface area contributed by atoms with E-state index in [0.717, 1.165) is 48.1 Å². The van der Waals surface area contributed by atoms with E-state index in [4.69, 9.17) is 5.26 Å². The number of nitrogens with zero attached hydrogens (tertiary/aromatic N) is 3. The third-order valence-corrected chi connectivity index (χ3v) is 6.76. The third kappa shape index (κ3) is 4.27. The number of rotatable bonds is 4. The number of hydrogen-bond acceptors (Lipinski definition) is 4. The Hall–Kier alpha value is -3.85. The van der Waals surface area contributed by atoms with Gasteiger partial charge in [0.2, 0.25) is 11.8 Å². The molecule has 2 heterocycles. The SMILES string of the molecule is N#Cc1ccc(N2CCC(NC(=O)C3CC(=O)N(c4cccc5ccccc45)C3)CC2)cc1. The largest absolute Gasteiger partial charge is 0.371 e. The standard InChI is InChI=1S/C27H26N4O2/c28-17-19-8-10-23(11-9-19)30-14-12-22(13-15-30)29-27(33)21-16-26(32)31(18-21)25-7-3-5-20-4-1-2-6-24(20)25/h1-11,21-22H,12-16,18H2,(H,29,33). The number of carbonyl (C=O) groups excluding carboxylic acids is 2. The minimum Gasteiger partial charge on any atom is -0.371 e. The lowest BCUT2D eigenvalue weighted by Gasteiger charge is -2.34. The second kappa shape index (κ2) is 8.95. The van der Waals surface area contributed by atoms with Crippen LogP contribution in [0, 0.1) is 17.2 Å².